The van der Waals surface area contributed by atoms with Gasteiger partial charge in [-0.15, -0.1) is 0 Å². The Morgan fingerprint density at radius 2 is 1.53 bits per heavy atom. The van der Waals surface area contributed by atoms with Crippen LogP contribution in [0.1, 0.15) is 73.5 Å². The van der Waals surface area contributed by atoms with Gasteiger partial charge in [-0.25, -0.2) is 0 Å². The Balaban J connectivity index is 1.84. The molecular formula is C28H35NO. The van der Waals surface area contributed by atoms with Crippen LogP contribution in [0.4, 0.5) is 0 Å². The molecule has 3 rings (SSSR count). The first-order chi connectivity index (χ1) is 14.5. The molecule has 0 spiro atoms. The molecule has 0 aliphatic carbocycles. The van der Waals surface area contributed by atoms with Crippen molar-refractivity contribution in [1.82, 2.24) is 4.98 Å². The second-order valence-electron chi connectivity index (χ2n) is 8.21. The lowest BCUT2D eigenvalue weighted by Gasteiger charge is -2.17. The highest BCUT2D eigenvalue weighted by molar-refractivity contribution is 5.69. The van der Waals surface area contributed by atoms with Crippen molar-refractivity contribution in [3.05, 3.63) is 82.0 Å². The van der Waals surface area contributed by atoms with Crippen LogP contribution in [0.3, 0.4) is 0 Å². The van der Waals surface area contributed by atoms with Crippen LogP contribution in [0, 0.1) is 13.8 Å². The highest BCUT2D eigenvalue weighted by atomic mass is 16.5. The molecule has 0 bridgehead atoms. The molecule has 0 saturated heterocycles. The van der Waals surface area contributed by atoms with E-state index in [4.69, 9.17) is 9.72 Å². The molecule has 30 heavy (non-hydrogen) atoms. The molecule has 0 saturated carbocycles. The number of benzene rings is 2. The highest BCUT2D eigenvalue weighted by Crippen LogP contribution is 2.30. The van der Waals surface area contributed by atoms with Crippen LogP contribution in [0.5, 0.6) is 5.75 Å². The topological polar surface area (TPSA) is 22.1 Å². The van der Waals surface area contributed by atoms with Crippen LogP contribution < -0.4 is 4.74 Å². The predicted octanol–water partition coefficient (Wildman–Crippen LogP) is 7.58. The Kier molecular flexibility index (Phi) is 7.31. The van der Waals surface area contributed by atoms with Gasteiger partial charge >= 0.3 is 0 Å². The first-order valence-electron chi connectivity index (χ1n) is 11.3. The van der Waals surface area contributed by atoms with Crippen LogP contribution in [-0.4, -0.2) is 4.98 Å². The van der Waals surface area contributed by atoms with Crippen molar-refractivity contribution in [2.24, 2.45) is 0 Å². The van der Waals surface area contributed by atoms with Gasteiger partial charge in [0.1, 0.15) is 12.4 Å². The van der Waals surface area contributed by atoms with E-state index in [0.717, 1.165) is 36.4 Å². The van der Waals surface area contributed by atoms with Crippen molar-refractivity contribution in [3.63, 3.8) is 0 Å². The molecule has 1 heterocycles. The van der Waals surface area contributed by atoms with Crippen LogP contribution >= 0.6 is 0 Å². The van der Waals surface area contributed by atoms with Crippen molar-refractivity contribution in [3.8, 4) is 17.0 Å². The fourth-order valence-electron chi connectivity index (χ4n) is 4.06. The van der Waals surface area contributed by atoms with E-state index in [9.17, 15) is 0 Å². The Labute approximate surface area is 182 Å². The third-order valence-electron chi connectivity index (χ3n) is 6.25. The van der Waals surface area contributed by atoms with Gasteiger partial charge in [0.25, 0.3) is 0 Å². The van der Waals surface area contributed by atoms with Gasteiger partial charge in [0.2, 0.25) is 0 Å². The van der Waals surface area contributed by atoms with Crippen LogP contribution in [0.15, 0.2) is 48.5 Å². The van der Waals surface area contributed by atoms with E-state index in [1.54, 1.807) is 0 Å². The van der Waals surface area contributed by atoms with Crippen molar-refractivity contribution < 1.29 is 4.74 Å². The van der Waals surface area contributed by atoms with E-state index in [1.165, 1.54) is 33.4 Å². The number of aromatic nitrogens is 1. The summed E-state index contributed by atoms with van der Waals surface area (Å²) in [4.78, 5) is 5.00. The fraction of sp³-hybridized carbons (Fsp3) is 0.393. The number of ether oxygens (including phenoxy) is 1. The normalized spacial score (nSPS) is 12.1. The number of pyridine rings is 1. The summed E-state index contributed by atoms with van der Waals surface area (Å²) in [6, 6.07) is 17.4. The number of nitrogens with zero attached hydrogens (tertiary/aromatic N) is 1. The second-order valence-corrected chi connectivity index (χ2v) is 8.21. The molecule has 158 valence electrons. The average Bonchev–Trinajstić information content (AvgIpc) is 2.77. The minimum Gasteiger partial charge on any atom is -0.489 e. The quantitative estimate of drug-likeness (QED) is 0.388. The lowest BCUT2D eigenvalue weighted by atomic mass is 9.93. The van der Waals surface area contributed by atoms with Gasteiger partial charge in [-0.3, -0.25) is 4.98 Å². The van der Waals surface area contributed by atoms with Gasteiger partial charge in [0.05, 0.1) is 5.69 Å². The monoisotopic (exact) mass is 401 g/mol. The number of hydrogen-bond donors (Lipinski definition) is 0. The molecule has 2 nitrogen and oxygen atoms in total. The summed E-state index contributed by atoms with van der Waals surface area (Å²) in [7, 11) is 0. The van der Waals surface area contributed by atoms with E-state index in [1.807, 2.05) is 0 Å². The third kappa shape index (κ3) is 4.75. The van der Waals surface area contributed by atoms with E-state index in [-0.39, 0.29) is 0 Å². The van der Waals surface area contributed by atoms with Gasteiger partial charge < -0.3 is 4.74 Å². The largest absolute Gasteiger partial charge is 0.489 e. The summed E-state index contributed by atoms with van der Waals surface area (Å²) in [5.41, 5.74) is 9.96. The molecule has 0 N–H and O–H groups in total. The first kappa shape index (κ1) is 22.1. The zero-order valence-corrected chi connectivity index (χ0v) is 19.4. The summed E-state index contributed by atoms with van der Waals surface area (Å²) in [6.45, 7) is 13.7. The first-order valence-corrected chi connectivity index (χ1v) is 11.3. The van der Waals surface area contributed by atoms with E-state index < -0.39 is 0 Å². The number of rotatable bonds is 8. The zero-order valence-electron chi connectivity index (χ0n) is 19.4. The molecule has 0 aliphatic heterocycles. The van der Waals surface area contributed by atoms with E-state index >= 15 is 0 Å². The SMILES string of the molecule is CCc1cccc(CC)c1-c1cc(C)c(COc2ccc(C(C)CC)cc2)c(C)n1. The minimum atomic E-state index is 0.545. The maximum absolute atomic E-state index is 6.12. The number of hydrogen-bond acceptors (Lipinski definition) is 2. The average molecular weight is 402 g/mol. The van der Waals surface area contributed by atoms with Gasteiger partial charge in [-0.1, -0.05) is 58.0 Å². The molecule has 1 unspecified atom stereocenters. The predicted molar refractivity (Wildman–Crippen MR) is 127 cm³/mol. The fourth-order valence-corrected chi connectivity index (χ4v) is 4.06. The molecule has 2 aromatic carbocycles. The summed E-state index contributed by atoms with van der Waals surface area (Å²) in [5, 5.41) is 0. The Morgan fingerprint density at radius 1 is 0.900 bits per heavy atom. The number of aryl methyl sites for hydroxylation is 4. The maximum atomic E-state index is 6.12. The smallest absolute Gasteiger partial charge is 0.119 e. The van der Waals surface area contributed by atoms with Crippen molar-refractivity contribution in [2.75, 3.05) is 0 Å². The molecule has 3 aromatic rings. The summed E-state index contributed by atoms with van der Waals surface area (Å²) >= 11 is 0. The minimum absolute atomic E-state index is 0.545. The zero-order chi connectivity index (χ0) is 21.7. The molecule has 0 fully saturated rings. The highest BCUT2D eigenvalue weighted by Gasteiger charge is 2.14. The molecule has 0 aliphatic rings. The Hall–Kier alpha value is -2.61. The van der Waals surface area contributed by atoms with Gasteiger partial charge in [0, 0.05) is 16.8 Å². The lowest BCUT2D eigenvalue weighted by molar-refractivity contribution is 0.304. The molecule has 0 radical (unpaired) electrons. The second kappa shape index (κ2) is 9.93. The summed E-state index contributed by atoms with van der Waals surface area (Å²) in [5.74, 6) is 1.49. The molecule has 1 atom stereocenters. The third-order valence-corrected chi connectivity index (χ3v) is 6.25. The summed E-state index contributed by atoms with van der Waals surface area (Å²) < 4.78 is 6.12. The van der Waals surface area contributed by atoms with Crippen LogP contribution in [0.2, 0.25) is 0 Å². The van der Waals surface area contributed by atoms with Gasteiger partial charge in [0.15, 0.2) is 0 Å². The van der Waals surface area contributed by atoms with Gasteiger partial charge in [-0.05, 0) is 79.5 Å². The lowest BCUT2D eigenvalue weighted by Crippen LogP contribution is -2.05. The van der Waals surface area contributed by atoms with Crippen molar-refractivity contribution in [1.29, 1.82) is 0 Å². The maximum Gasteiger partial charge on any atom is 0.119 e. The standard InChI is InChI=1S/C28H35NO/c1-7-19(4)24-13-15-25(16-14-24)30-18-26-20(5)17-27(29-21(26)6)28-22(8-2)11-10-12-23(28)9-3/h10-17,19H,7-9,18H2,1-6H3. The van der Waals surface area contributed by atoms with Crippen LogP contribution in [0.25, 0.3) is 11.3 Å². The molecule has 0 amide bonds. The molecular weight excluding hydrogens is 366 g/mol. The van der Waals surface area contributed by atoms with Crippen molar-refractivity contribution in [2.45, 2.75) is 73.3 Å². The van der Waals surface area contributed by atoms with Crippen LogP contribution in [-0.2, 0) is 19.4 Å². The molecule has 2 heteroatoms. The molecule has 1 aromatic heterocycles. The van der Waals surface area contributed by atoms with E-state index in [0.29, 0.717) is 12.5 Å². The Bertz CT molecular complexity index is 943. The van der Waals surface area contributed by atoms with E-state index in [2.05, 4.69) is 90.1 Å². The Morgan fingerprint density at radius 3 is 2.07 bits per heavy atom. The summed E-state index contributed by atoms with van der Waals surface area (Å²) in [6.07, 6.45) is 3.18. The van der Waals surface area contributed by atoms with Crippen molar-refractivity contribution >= 4 is 0 Å². The van der Waals surface area contributed by atoms with Gasteiger partial charge in [-0.2, -0.15) is 0 Å².